The van der Waals surface area contributed by atoms with Crippen LogP contribution >= 0.6 is 0 Å². The Morgan fingerprint density at radius 2 is 1.84 bits per heavy atom. The molecule has 0 radical (unpaired) electrons. The van der Waals surface area contributed by atoms with E-state index in [1.807, 2.05) is 42.6 Å². The van der Waals surface area contributed by atoms with Crippen molar-refractivity contribution in [2.24, 2.45) is 0 Å². The second-order valence-corrected chi connectivity index (χ2v) is 7.70. The molecule has 0 unspecified atom stereocenters. The number of hydrogen-bond acceptors (Lipinski definition) is 4. The van der Waals surface area contributed by atoms with E-state index in [-0.39, 0.29) is 5.91 Å². The van der Waals surface area contributed by atoms with Crippen LogP contribution in [-0.2, 0) is 4.79 Å². The number of amides is 1. The van der Waals surface area contributed by atoms with Gasteiger partial charge in [-0.1, -0.05) is 19.9 Å². The van der Waals surface area contributed by atoms with Crippen LogP contribution in [0, 0.1) is 0 Å². The Labute approximate surface area is 190 Å². The number of aromatic nitrogens is 1. The zero-order valence-corrected chi connectivity index (χ0v) is 19.2. The number of aromatic amines is 1. The van der Waals surface area contributed by atoms with Crippen molar-refractivity contribution in [3.05, 3.63) is 60.3 Å². The molecular weight excluding hydrogens is 402 g/mol. The fraction of sp³-hybridized carbons (Fsp3) is 0.346. The molecule has 170 valence electrons. The first kappa shape index (κ1) is 23.4. The van der Waals surface area contributed by atoms with E-state index < -0.39 is 0 Å². The number of ether oxygens (including phenoxy) is 2. The molecule has 0 fully saturated rings. The maximum absolute atomic E-state index is 12.4. The van der Waals surface area contributed by atoms with Crippen molar-refractivity contribution in [1.82, 2.24) is 9.88 Å². The fourth-order valence-corrected chi connectivity index (χ4v) is 3.65. The van der Waals surface area contributed by atoms with Crippen LogP contribution in [0.15, 0.2) is 54.7 Å². The second kappa shape index (κ2) is 12.0. The molecule has 0 saturated heterocycles. The lowest BCUT2D eigenvalue weighted by molar-refractivity contribution is -0.111. The van der Waals surface area contributed by atoms with Gasteiger partial charge in [-0.25, -0.2) is 0 Å². The number of nitrogens with zero attached hydrogens (tertiary/aromatic N) is 1. The van der Waals surface area contributed by atoms with Gasteiger partial charge in [0.05, 0.1) is 7.11 Å². The molecule has 1 heterocycles. The Hall–Kier alpha value is -3.25. The minimum absolute atomic E-state index is 0.202. The van der Waals surface area contributed by atoms with Gasteiger partial charge in [0, 0.05) is 36.1 Å². The van der Waals surface area contributed by atoms with Crippen molar-refractivity contribution < 1.29 is 14.3 Å². The first-order chi connectivity index (χ1) is 15.6. The molecule has 3 aromatic rings. The minimum atomic E-state index is -0.202. The van der Waals surface area contributed by atoms with Crippen molar-refractivity contribution in [2.75, 3.05) is 38.7 Å². The third kappa shape index (κ3) is 6.62. The van der Waals surface area contributed by atoms with Crippen LogP contribution in [0.2, 0.25) is 0 Å². The lowest BCUT2D eigenvalue weighted by atomic mass is 10.1. The third-order valence-electron chi connectivity index (χ3n) is 5.18. The van der Waals surface area contributed by atoms with Crippen LogP contribution in [0.4, 0.5) is 5.69 Å². The average Bonchev–Trinajstić information content (AvgIpc) is 3.26. The van der Waals surface area contributed by atoms with Gasteiger partial charge in [-0.05, 0) is 73.3 Å². The van der Waals surface area contributed by atoms with Gasteiger partial charge in [0.15, 0.2) is 11.5 Å². The number of H-pyrrole nitrogens is 1. The van der Waals surface area contributed by atoms with Crippen LogP contribution in [0.25, 0.3) is 17.0 Å². The van der Waals surface area contributed by atoms with Crippen LogP contribution in [0.5, 0.6) is 11.5 Å². The Kier molecular flexibility index (Phi) is 8.75. The fourth-order valence-electron chi connectivity index (χ4n) is 3.65. The number of rotatable bonds is 12. The summed E-state index contributed by atoms with van der Waals surface area (Å²) in [6.07, 6.45) is 7.48. The monoisotopic (exact) mass is 435 g/mol. The van der Waals surface area contributed by atoms with E-state index in [1.54, 1.807) is 19.3 Å². The molecule has 3 rings (SSSR count). The van der Waals surface area contributed by atoms with Gasteiger partial charge in [0.1, 0.15) is 6.61 Å². The normalized spacial score (nSPS) is 11.4. The molecule has 0 atom stereocenters. The Bertz CT molecular complexity index is 1040. The van der Waals surface area contributed by atoms with Crippen LogP contribution < -0.4 is 14.8 Å². The molecule has 2 N–H and O–H groups in total. The number of methoxy groups -OCH3 is 1. The highest BCUT2D eigenvalue weighted by Crippen LogP contribution is 2.30. The van der Waals surface area contributed by atoms with Gasteiger partial charge in [0.2, 0.25) is 5.91 Å². The van der Waals surface area contributed by atoms with Gasteiger partial charge < -0.3 is 19.8 Å². The molecule has 0 saturated carbocycles. The summed E-state index contributed by atoms with van der Waals surface area (Å²) in [5.41, 5.74) is 2.70. The summed E-state index contributed by atoms with van der Waals surface area (Å²) < 4.78 is 11.4. The highest BCUT2D eigenvalue weighted by atomic mass is 16.5. The molecule has 6 nitrogen and oxygen atoms in total. The van der Waals surface area contributed by atoms with Crippen LogP contribution in [0.3, 0.4) is 0 Å². The number of anilines is 1. The molecule has 1 aromatic heterocycles. The zero-order valence-electron chi connectivity index (χ0n) is 19.2. The van der Waals surface area contributed by atoms with Crippen molar-refractivity contribution >= 4 is 28.6 Å². The summed E-state index contributed by atoms with van der Waals surface area (Å²) in [5.74, 6) is 1.07. The predicted octanol–water partition coefficient (Wildman–Crippen LogP) is 5.33. The van der Waals surface area contributed by atoms with Gasteiger partial charge in [-0.15, -0.1) is 0 Å². The lowest BCUT2D eigenvalue weighted by Gasteiger charge is -2.21. The maximum Gasteiger partial charge on any atom is 0.248 e. The summed E-state index contributed by atoms with van der Waals surface area (Å²) in [6, 6.07) is 13.4. The lowest BCUT2D eigenvalue weighted by Crippen LogP contribution is -2.30. The first-order valence-electron chi connectivity index (χ1n) is 11.2. The Morgan fingerprint density at radius 1 is 1.03 bits per heavy atom. The molecule has 0 aliphatic rings. The largest absolute Gasteiger partial charge is 0.493 e. The molecule has 2 aromatic carbocycles. The molecule has 0 spiro atoms. The topological polar surface area (TPSA) is 66.6 Å². The molecule has 0 bridgehead atoms. The molecule has 6 heteroatoms. The number of hydrogen-bond donors (Lipinski definition) is 2. The van der Waals surface area contributed by atoms with Crippen LogP contribution in [-0.4, -0.2) is 49.1 Å². The summed E-state index contributed by atoms with van der Waals surface area (Å²) in [4.78, 5) is 18.0. The van der Waals surface area contributed by atoms with E-state index in [4.69, 9.17) is 9.47 Å². The number of carbonyl (C=O) groups excluding carboxylic acids is 1. The van der Waals surface area contributed by atoms with Gasteiger partial charge in [-0.2, -0.15) is 0 Å². The summed E-state index contributed by atoms with van der Waals surface area (Å²) in [5, 5.41) is 4.01. The van der Waals surface area contributed by atoms with E-state index in [9.17, 15) is 4.79 Å². The molecule has 0 aliphatic carbocycles. The number of benzene rings is 2. The standard InChI is InChI=1S/C26H33N3O3/c1-4-14-29(15-5-2)16-17-32-25-19-22(8-10-24(25)31-3)28-26(30)11-7-20-6-9-23-21(18-20)12-13-27-23/h6-13,18-19,27H,4-5,14-17H2,1-3H3,(H,28,30)/b11-7+. The highest BCUT2D eigenvalue weighted by molar-refractivity contribution is 6.02. The predicted molar refractivity (Wildman–Crippen MR) is 131 cm³/mol. The summed E-state index contributed by atoms with van der Waals surface area (Å²) >= 11 is 0. The Morgan fingerprint density at radius 3 is 2.59 bits per heavy atom. The Balaban J connectivity index is 1.60. The molecule has 1 amide bonds. The van der Waals surface area contributed by atoms with Crippen molar-refractivity contribution in [3.63, 3.8) is 0 Å². The highest BCUT2D eigenvalue weighted by Gasteiger charge is 2.09. The van der Waals surface area contributed by atoms with E-state index in [0.717, 1.165) is 48.9 Å². The maximum atomic E-state index is 12.4. The van der Waals surface area contributed by atoms with Gasteiger partial charge in [0.25, 0.3) is 0 Å². The minimum Gasteiger partial charge on any atom is -0.493 e. The first-order valence-corrected chi connectivity index (χ1v) is 11.2. The summed E-state index contributed by atoms with van der Waals surface area (Å²) in [6.45, 7) is 7.92. The number of carbonyl (C=O) groups is 1. The molecular formula is C26H33N3O3. The van der Waals surface area contributed by atoms with E-state index >= 15 is 0 Å². The SMILES string of the molecule is CCCN(CCC)CCOc1cc(NC(=O)/C=C/c2ccc3[nH]ccc3c2)ccc1OC. The van der Waals surface area contributed by atoms with Crippen molar-refractivity contribution in [3.8, 4) is 11.5 Å². The molecule has 0 aliphatic heterocycles. The quantitative estimate of drug-likeness (QED) is 0.378. The zero-order chi connectivity index (χ0) is 22.8. The third-order valence-corrected chi connectivity index (χ3v) is 5.18. The summed E-state index contributed by atoms with van der Waals surface area (Å²) in [7, 11) is 1.62. The van der Waals surface area contributed by atoms with Gasteiger partial charge >= 0.3 is 0 Å². The van der Waals surface area contributed by atoms with E-state index in [1.165, 1.54) is 6.08 Å². The average molecular weight is 436 g/mol. The smallest absolute Gasteiger partial charge is 0.248 e. The van der Waals surface area contributed by atoms with Crippen LogP contribution in [0.1, 0.15) is 32.3 Å². The second-order valence-electron chi connectivity index (χ2n) is 7.70. The van der Waals surface area contributed by atoms with Crippen molar-refractivity contribution in [1.29, 1.82) is 0 Å². The van der Waals surface area contributed by atoms with Crippen molar-refractivity contribution in [2.45, 2.75) is 26.7 Å². The molecule has 32 heavy (non-hydrogen) atoms. The van der Waals surface area contributed by atoms with E-state index in [2.05, 4.69) is 29.0 Å². The number of nitrogens with one attached hydrogen (secondary N) is 2. The number of fused-ring (bicyclic) bond motifs is 1. The van der Waals surface area contributed by atoms with Gasteiger partial charge in [-0.3, -0.25) is 9.69 Å². The van der Waals surface area contributed by atoms with E-state index in [0.29, 0.717) is 23.8 Å².